The third kappa shape index (κ3) is 3.00. The number of aromatic nitrogens is 3. The van der Waals surface area contributed by atoms with Gasteiger partial charge in [0.05, 0.1) is 12.8 Å². The molecular formula is C13H11N3O2S2. The molecule has 20 heavy (non-hydrogen) atoms. The summed E-state index contributed by atoms with van der Waals surface area (Å²) in [6.07, 6.45) is 1.67. The van der Waals surface area contributed by atoms with Crippen LogP contribution in [0.4, 0.5) is 0 Å². The smallest absolute Gasteiger partial charge is 0.226 e. The van der Waals surface area contributed by atoms with E-state index in [0.717, 1.165) is 27.1 Å². The lowest BCUT2D eigenvalue weighted by Crippen LogP contribution is -1.84. The molecule has 2 aromatic heterocycles. The van der Waals surface area contributed by atoms with Crippen LogP contribution in [0.5, 0.6) is 5.75 Å². The second-order valence-corrected chi connectivity index (χ2v) is 5.92. The zero-order chi connectivity index (χ0) is 13.8. The standard InChI is InChI=1S/C13H11N3O2S2/c1-17-11-4-2-9(3-5-11)12-15-10(6-18-12)7-19-13-16-14-8-20-13/h2-6,8H,7H2,1H3. The highest BCUT2D eigenvalue weighted by Gasteiger charge is 2.08. The first-order chi connectivity index (χ1) is 9.85. The summed E-state index contributed by atoms with van der Waals surface area (Å²) in [5.74, 6) is 2.14. The van der Waals surface area contributed by atoms with Gasteiger partial charge >= 0.3 is 0 Å². The fraction of sp³-hybridized carbons (Fsp3) is 0.154. The molecule has 0 radical (unpaired) electrons. The minimum absolute atomic E-state index is 0.612. The molecule has 0 aliphatic heterocycles. The van der Waals surface area contributed by atoms with Gasteiger partial charge in [-0.15, -0.1) is 10.2 Å². The van der Waals surface area contributed by atoms with Gasteiger partial charge in [0.1, 0.15) is 17.5 Å². The zero-order valence-electron chi connectivity index (χ0n) is 10.6. The Morgan fingerprint density at radius 1 is 1.30 bits per heavy atom. The van der Waals surface area contributed by atoms with Crippen LogP contribution in [0, 0.1) is 0 Å². The van der Waals surface area contributed by atoms with Gasteiger partial charge in [-0.25, -0.2) is 4.98 Å². The second kappa shape index (κ2) is 6.06. The normalized spacial score (nSPS) is 10.7. The molecule has 0 N–H and O–H groups in total. The maximum Gasteiger partial charge on any atom is 0.226 e. The molecule has 3 aromatic rings. The number of nitrogens with zero attached hydrogens (tertiary/aromatic N) is 3. The lowest BCUT2D eigenvalue weighted by atomic mass is 10.2. The van der Waals surface area contributed by atoms with E-state index in [1.165, 1.54) is 11.3 Å². The van der Waals surface area contributed by atoms with E-state index in [-0.39, 0.29) is 0 Å². The van der Waals surface area contributed by atoms with Crippen LogP contribution in [-0.4, -0.2) is 22.3 Å². The third-order valence-corrected chi connectivity index (χ3v) is 4.47. The van der Waals surface area contributed by atoms with Gasteiger partial charge in [0.25, 0.3) is 0 Å². The number of rotatable bonds is 5. The van der Waals surface area contributed by atoms with E-state index in [1.807, 2.05) is 24.3 Å². The van der Waals surface area contributed by atoms with Gasteiger partial charge < -0.3 is 9.15 Å². The van der Waals surface area contributed by atoms with Crippen LogP contribution in [0.3, 0.4) is 0 Å². The molecule has 0 aliphatic rings. The molecule has 0 atom stereocenters. The van der Waals surface area contributed by atoms with E-state index >= 15 is 0 Å². The van der Waals surface area contributed by atoms with Gasteiger partial charge in [-0.3, -0.25) is 0 Å². The van der Waals surface area contributed by atoms with Crippen molar-refractivity contribution in [3.63, 3.8) is 0 Å². The third-order valence-electron chi connectivity index (χ3n) is 2.57. The van der Waals surface area contributed by atoms with Crippen molar-refractivity contribution >= 4 is 23.1 Å². The minimum Gasteiger partial charge on any atom is -0.497 e. The van der Waals surface area contributed by atoms with Gasteiger partial charge in [-0.2, -0.15) is 0 Å². The highest BCUT2D eigenvalue weighted by Crippen LogP contribution is 2.26. The first-order valence-electron chi connectivity index (χ1n) is 5.83. The molecule has 0 saturated heterocycles. The van der Waals surface area contributed by atoms with Crippen LogP contribution in [0.25, 0.3) is 11.5 Å². The Balaban J connectivity index is 1.69. The SMILES string of the molecule is COc1ccc(-c2nc(CSc3nncs3)co2)cc1. The highest BCUT2D eigenvalue weighted by atomic mass is 32.2. The van der Waals surface area contributed by atoms with Gasteiger partial charge in [0.15, 0.2) is 4.34 Å². The summed E-state index contributed by atoms with van der Waals surface area (Å²) in [4.78, 5) is 4.46. The molecular weight excluding hydrogens is 294 g/mol. The summed E-state index contributed by atoms with van der Waals surface area (Å²) in [5, 5.41) is 7.77. The summed E-state index contributed by atoms with van der Waals surface area (Å²) >= 11 is 3.12. The summed E-state index contributed by atoms with van der Waals surface area (Å²) in [6, 6.07) is 7.61. The van der Waals surface area contributed by atoms with Gasteiger partial charge in [-0.1, -0.05) is 23.1 Å². The van der Waals surface area contributed by atoms with E-state index in [4.69, 9.17) is 9.15 Å². The van der Waals surface area contributed by atoms with Crippen molar-refractivity contribution in [3.05, 3.63) is 41.7 Å². The summed E-state index contributed by atoms with van der Waals surface area (Å²) in [7, 11) is 1.64. The molecule has 0 bridgehead atoms. The Kier molecular flexibility index (Phi) is 3.98. The summed E-state index contributed by atoms with van der Waals surface area (Å²) in [6.45, 7) is 0. The Morgan fingerprint density at radius 3 is 2.85 bits per heavy atom. The van der Waals surface area contributed by atoms with Crippen LogP contribution < -0.4 is 4.74 Å². The molecule has 0 amide bonds. The number of hydrogen-bond donors (Lipinski definition) is 0. The molecule has 1 aromatic carbocycles. The average Bonchev–Trinajstić information content (AvgIpc) is 3.17. The average molecular weight is 305 g/mol. The van der Waals surface area contributed by atoms with E-state index in [9.17, 15) is 0 Å². The number of benzene rings is 1. The van der Waals surface area contributed by atoms with Crippen LogP contribution in [-0.2, 0) is 5.75 Å². The summed E-state index contributed by atoms with van der Waals surface area (Å²) < 4.78 is 11.5. The number of ether oxygens (including phenoxy) is 1. The minimum atomic E-state index is 0.612. The van der Waals surface area contributed by atoms with Crippen molar-refractivity contribution in [2.75, 3.05) is 7.11 Å². The molecule has 0 spiro atoms. The molecule has 0 saturated carbocycles. The lowest BCUT2D eigenvalue weighted by Gasteiger charge is -1.99. The van der Waals surface area contributed by atoms with Crippen LogP contribution in [0.2, 0.25) is 0 Å². The van der Waals surface area contributed by atoms with Crippen molar-refractivity contribution in [2.24, 2.45) is 0 Å². The maximum absolute atomic E-state index is 5.50. The summed E-state index contributed by atoms with van der Waals surface area (Å²) in [5.41, 5.74) is 3.53. The molecule has 7 heteroatoms. The predicted octanol–water partition coefficient (Wildman–Crippen LogP) is 3.49. The van der Waals surface area contributed by atoms with E-state index < -0.39 is 0 Å². The lowest BCUT2D eigenvalue weighted by molar-refractivity contribution is 0.415. The Labute approximate surface area is 124 Å². The van der Waals surface area contributed by atoms with Crippen molar-refractivity contribution in [3.8, 4) is 17.2 Å². The molecule has 3 rings (SSSR count). The fourth-order valence-corrected chi connectivity index (χ4v) is 2.97. The Morgan fingerprint density at radius 2 is 2.15 bits per heavy atom. The first-order valence-corrected chi connectivity index (χ1v) is 7.69. The molecule has 102 valence electrons. The van der Waals surface area contributed by atoms with Crippen molar-refractivity contribution in [1.29, 1.82) is 0 Å². The van der Waals surface area contributed by atoms with Crippen molar-refractivity contribution < 1.29 is 9.15 Å². The van der Waals surface area contributed by atoms with Crippen LogP contribution in [0.15, 0.2) is 44.8 Å². The van der Waals surface area contributed by atoms with Gasteiger partial charge in [-0.05, 0) is 24.3 Å². The maximum atomic E-state index is 5.50. The van der Waals surface area contributed by atoms with Gasteiger partial charge in [0, 0.05) is 11.3 Å². The predicted molar refractivity (Wildman–Crippen MR) is 78.0 cm³/mol. The second-order valence-electron chi connectivity index (χ2n) is 3.87. The molecule has 0 aliphatic carbocycles. The largest absolute Gasteiger partial charge is 0.497 e. The fourth-order valence-electron chi connectivity index (χ4n) is 1.60. The molecule has 0 fully saturated rings. The number of hydrogen-bond acceptors (Lipinski definition) is 7. The topological polar surface area (TPSA) is 61.0 Å². The van der Waals surface area contributed by atoms with E-state index in [0.29, 0.717) is 5.89 Å². The van der Waals surface area contributed by atoms with Crippen LogP contribution in [0.1, 0.15) is 5.69 Å². The van der Waals surface area contributed by atoms with E-state index in [2.05, 4.69) is 15.2 Å². The van der Waals surface area contributed by atoms with Crippen molar-refractivity contribution in [2.45, 2.75) is 10.1 Å². The number of thioether (sulfide) groups is 1. The number of methoxy groups -OCH3 is 1. The van der Waals surface area contributed by atoms with Crippen molar-refractivity contribution in [1.82, 2.24) is 15.2 Å². The monoisotopic (exact) mass is 305 g/mol. The zero-order valence-corrected chi connectivity index (χ0v) is 12.3. The number of oxazole rings is 1. The quantitative estimate of drug-likeness (QED) is 0.672. The molecule has 0 unspecified atom stereocenters. The highest BCUT2D eigenvalue weighted by molar-refractivity contribution is 8.00. The molecule has 2 heterocycles. The molecule has 5 nitrogen and oxygen atoms in total. The first kappa shape index (κ1) is 13.1. The Hall–Kier alpha value is -1.86. The van der Waals surface area contributed by atoms with Crippen LogP contribution >= 0.6 is 23.1 Å². The Bertz CT molecular complexity index is 665. The van der Waals surface area contributed by atoms with E-state index in [1.54, 1.807) is 30.6 Å². The van der Waals surface area contributed by atoms with Gasteiger partial charge in [0.2, 0.25) is 5.89 Å².